The van der Waals surface area contributed by atoms with Crippen LogP contribution in [-0.2, 0) is 16.6 Å². The molecule has 0 aliphatic carbocycles. The molecule has 6 nitrogen and oxygen atoms in total. The number of amides is 1. The molecule has 0 bridgehead atoms. The number of para-hydroxylation sites is 1. The molecule has 1 heterocycles. The first-order valence-corrected chi connectivity index (χ1v) is 11.4. The fourth-order valence-electron chi connectivity index (χ4n) is 2.78. The van der Waals surface area contributed by atoms with Crippen molar-refractivity contribution >= 4 is 37.5 Å². The molecule has 1 amide bonds. The highest BCUT2D eigenvalue weighted by Gasteiger charge is 2.23. The van der Waals surface area contributed by atoms with Crippen LogP contribution in [0.15, 0.2) is 71.1 Å². The number of nitrogens with zero attached hydrogens (tertiary/aromatic N) is 3. The minimum Gasteiger partial charge on any atom is -0.312 e. The van der Waals surface area contributed by atoms with Gasteiger partial charge in [0, 0.05) is 25.2 Å². The van der Waals surface area contributed by atoms with Crippen LogP contribution in [-0.4, -0.2) is 36.3 Å². The summed E-state index contributed by atoms with van der Waals surface area (Å²) in [5, 5.41) is 0. The van der Waals surface area contributed by atoms with E-state index in [1.165, 1.54) is 47.0 Å². The van der Waals surface area contributed by atoms with E-state index in [0.29, 0.717) is 16.9 Å². The molecule has 3 aromatic rings. The predicted molar refractivity (Wildman–Crippen MR) is 116 cm³/mol. The molecular formula is C21H23N3O3S2. The van der Waals surface area contributed by atoms with Crippen molar-refractivity contribution in [3.8, 4) is 0 Å². The molecule has 2 aromatic carbocycles. The van der Waals surface area contributed by atoms with E-state index in [0.717, 1.165) is 10.2 Å². The lowest BCUT2D eigenvalue weighted by Crippen LogP contribution is -2.33. The summed E-state index contributed by atoms with van der Waals surface area (Å²) in [7, 11) is -2.06. The smallest absolute Gasteiger partial charge is 0.279 e. The molecule has 0 atom stereocenters. The lowest BCUT2D eigenvalue weighted by molar-refractivity contribution is 0.0997. The van der Waals surface area contributed by atoms with Crippen molar-refractivity contribution in [3.05, 3.63) is 71.6 Å². The second kappa shape index (κ2) is 8.44. The third kappa shape index (κ3) is 4.24. The van der Waals surface area contributed by atoms with Crippen LogP contribution >= 0.6 is 11.3 Å². The Morgan fingerprint density at radius 3 is 2.48 bits per heavy atom. The molecule has 8 heteroatoms. The summed E-state index contributed by atoms with van der Waals surface area (Å²) in [4.78, 5) is 17.7. The summed E-state index contributed by atoms with van der Waals surface area (Å²) in [6, 6.07) is 13.6. The minimum atomic E-state index is -3.59. The highest BCUT2D eigenvalue weighted by atomic mass is 32.2. The summed E-state index contributed by atoms with van der Waals surface area (Å²) >= 11 is 1.43. The molecule has 0 spiro atoms. The Morgan fingerprint density at radius 2 is 1.86 bits per heavy atom. The average molecular weight is 430 g/mol. The molecule has 0 aliphatic rings. The van der Waals surface area contributed by atoms with Crippen molar-refractivity contribution in [3.63, 3.8) is 0 Å². The van der Waals surface area contributed by atoms with Gasteiger partial charge in [-0.2, -0.15) is 9.30 Å². The van der Waals surface area contributed by atoms with Crippen LogP contribution < -0.4 is 4.80 Å². The highest BCUT2D eigenvalue weighted by Crippen LogP contribution is 2.19. The summed E-state index contributed by atoms with van der Waals surface area (Å²) in [5.74, 6) is -0.421. The average Bonchev–Trinajstić information content (AvgIpc) is 3.05. The van der Waals surface area contributed by atoms with Gasteiger partial charge >= 0.3 is 0 Å². The Bertz CT molecular complexity index is 1220. The third-order valence-electron chi connectivity index (χ3n) is 4.60. The molecule has 0 N–H and O–H groups in total. The number of fused-ring (bicyclic) bond motifs is 1. The van der Waals surface area contributed by atoms with E-state index in [9.17, 15) is 13.2 Å². The summed E-state index contributed by atoms with van der Waals surface area (Å²) in [5.41, 5.74) is 1.32. The quantitative estimate of drug-likeness (QED) is 0.562. The van der Waals surface area contributed by atoms with Crippen LogP contribution in [0.25, 0.3) is 10.2 Å². The Morgan fingerprint density at radius 1 is 1.21 bits per heavy atom. The third-order valence-corrected chi connectivity index (χ3v) is 7.71. The van der Waals surface area contributed by atoms with Crippen LogP contribution in [0, 0.1) is 0 Å². The van der Waals surface area contributed by atoms with E-state index >= 15 is 0 Å². The van der Waals surface area contributed by atoms with Gasteiger partial charge in [-0.05, 0) is 50.2 Å². The van der Waals surface area contributed by atoms with Crippen molar-refractivity contribution < 1.29 is 13.2 Å². The van der Waals surface area contributed by atoms with Crippen molar-refractivity contribution in [2.75, 3.05) is 7.05 Å². The zero-order valence-corrected chi connectivity index (χ0v) is 18.2. The minimum absolute atomic E-state index is 0.147. The van der Waals surface area contributed by atoms with Crippen molar-refractivity contribution in [2.24, 2.45) is 4.99 Å². The fourth-order valence-corrected chi connectivity index (χ4v) is 5.18. The Balaban J connectivity index is 1.97. The van der Waals surface area contributed by atoms with E-state index in [2.05, 4.69) is 11.6 Å². The SMILES string of the molecule is C=CCn1c(=NC(=O)c2ccc(S(=O)(=O)N(C)C(C)C)cc2)sc2ccccc21. The van der Waals surface area contributed by atoms with Crippen molar-refractivity contribution in [1.29, 1.82) is 0 Å². The summed E-state index contributed by atoms with van der Waals surface area (Å²) in [6.07, 6.45) is 1.76. The maximum atomic E-state index is 12.7. The molecule has 0 saturated carbocycles. The fraction of sp³-hybridized carbons (Fsp3) is 0.238. The van der Waals surface area contributed by atoms with Crippen molar-refractivity contribution in [1.82, 2.24) is 8.87 Å². The number of thiazole rings is 1. The number of aromatic nitrogens is 1. The highest BCUT2D eigenvalue weighted by molar-refractivity contribution is 7.89. The number of carbonyl (C=O) groups excluding carboxylic acids is 1. The first-order chi connectivity index (χ1) is 13.8. The van der Waals surface area contributed by atoms with Gasteiger partial charge in [-0.15, -0.1) is 6.58 Å². The maximum Gasteiger partial charge on any atom is 0.279 e. The lowest BCUT2D eigenvalue weighted by Gasteiger charge is -2.20. The molecule has 0 radical (unpaired) electrons. The topological polar surface area (TPSA) is 71.7 Å². The van der Waals surface area contributed by atoms with Gasteiger partial charge in [0.15, 0.2) is 4.80 Å². The second-order valence-electron chi connectivity index (χ2n) is 6.81. The van der Waals surface area contributed by atoms with Gasteiger partial charge in [0.2, 0.25) is 10.0 Å². The molecule has 0 unspecified atom stereocenters. The van der Waals surface area contributed by atoms with Crippen molar-refractivity contribution in [2.45, 2.75) is 31.3 Å². The number of carbonyl (C=O) groups is 1. The predicted octanol–water partition coefficient (Wildman–Crippen LogP) is 3.66. The molecule has 1 aromatic heterocycles. The molecular weight excluding hydrogens is 406 g/mol. The van der Waals surface area contributed by atoms with Gasteiger partial charge in [-0.1, -0.05) is 29.5 Å². The van der Waals surface area contributed by atoms with E-state index in [-0.39, 0.29) is 10.9 Å². The van der Waals surface area contributed by atoms with Crippen LogP contribution in [0.4, 0.5) is 0 Å². The summed E-state index contributed by atoms with van der Waals surface area (Å²) < 4.78 is 29.4. The molecule has 29 heavy (non-hydrogen) atoms. The monoisotopic (exact) mass is 429 g/mol. The van der Waals surface area contributed by atoms with E-state index in [4.69, 9.17) is 0 Å². The van der Waals surface area contributed by atoms with Gasteiger partial charge in [-0.3, -0.25) is 4.79 Å². The molecule has 0 fully saturated rings. The number of hydrogen-bond acceptors (Lipinski definition) is 4. The number of sulfonamides is 1. The van der Waals surface area contributed by atoms with E-state index < -0.39 is 15.9 Å². The van der Waals surface area contributed by atoms with Crippen LogP contribution in [0.1, 0.15) is 24.2 Å². The largest absolute Gasteiger partial charge is 0.312 e. The van der Waals surface area contributed by atoms with Crippen LogP contribution in [0.2, 0.25) is 0 Å². The zero-order valence-electron chi connectivity index (χ0n) is 16.6. The normalized spacial score (nSPS) is 12.8. The number of allylic oxidation sites excluding steroid dienone is 1. The molecule has 0 saturated heterocycles. The summed E-state index contributed by atoms with van der Waals surface area (Å²) in [6.45, 7) is 7.92. The standard InChI is InChI=1S/C21H23N3O3S2/c1-5-14-24-18-8-6-7-9-19(18)28-21(24)22-20(25)16-10-12-17(13-11-16)29(26,27)23(4)15(2)3/h5-13,15H,1,14H2,2-4H3. The maximum absolute atomic E-state index is 12.7. The number of hydrogen-bond donors (Lipinski definition) is 0. The Hall–Kier alpha value is -2.55. The Labute approximate surface area is 174 Å². The van der Waals surface area contributed by atoms with Crippen LogP contribution in [0.5, 0.6) is 0 Å². The van der Waals surface area contributed by atoms with Gasteiger partial charge in [0.05, 0.1) is 15.1 Å². The van der Waals surface area contributed by atoms with Gasteiger partial charge in [0.25, 0.3) is 5.91 Å². The molecule has 0 aliphatic heterocycles. The van der Waals surface area contributed by atoms with Gasteiger partial charge in [0.1, 0.15) is 0 Å². The molecule has 3 rings (SSSR count). The zero-order chi connectivity index (χ0) is 21.2. The van der Waals surface area contributed by atoms with Crippen LogP contribution in [0.3, 0.4) is 0 Å². The molecule has 152 valence electrons. The van der Waals surface area contributed by atoms with E-state index in [1.54, 1.807) is 19.9 Å². The second-order valence-corrected chi connectivity index (χ2v) is 9.81. The lowest BCUT2D eigenvalue weighted by atomic mass is 10.2. The number of rotatable bonds is 6. The van der Waals surface area contributed by atoms with Gasteiger partial charge < -0.3 is 4.57 Å². The first kappa shape index (κ1) is 21.2. The Kier molecular flexibility index (Phi) is 6.16. The van der Waals surface area contributed by atoms with Gasteiger partial charge in [-0.25, -0.2) is 8.42 Å². The first-order valence-electron chi connectivity index (χ1n) is 9.12. The number of benzene rings is 2. The van der Waals surface area contributed by atoms with E-state index in [1.807, 2.05) is 28.8 Å².